The van der Waals surface area contributed by atoms with Crippen molar-refractivity contribution in [3.05, 3.63) is 64.2 Å². The lowest BCUT2D eigenvalue weighted by Gasteiger charge is -2.13. The molecule has 0 aliphatic carbocycles. The third-order valence-electron chi connectivity index (χ3n) is 4.64. The monoisotopic (exact) mass is 386 g/mol. The van der Waals surface area contributed by atoms with Crippen molar-refractivity contribution in [1.82, 2.24) is 10.6 Å². The molecule has 1 aliphatic heterocycles. The van der Waals surface area contributed by atoms with Crippen molar-refractivity contribution in [1.29, 1.82) is 0 Å². The third-order valence-corrected chi connectivity index (χ3v) is 4.87. The second kappa shape index (κ2) is 8.44. The summed E-state index contributed by atoms with van der Waals surface area (Å²) in [5.41, 5.74) is 2.38. The Morgan fingerprint density at radius 3 is 2.85 bits per heavy atom. The van der Waals surface area contributed by atoms with Crippen molar-refractivity contribution in [2.45, 2.75) is 45.4 Å². The van der Waals surface area contributed by atoms with E-state index in [0.29, 0.717) is 29.3 Å². The van der Waals surface area contributed by atoms with E-state index >= 15 is 0 Å². The fourth-order valence-electron chi connectivity index (χ4n) is 2.90. The Bertz CT molecular complexity index is 853. The molecule has 3 rings (SSSR count). The molecule has 0 aromatic heterocycles. The predicted octanol–water partition coefficient (Wildman–Crippen LogP) is 3.49. The Balaban J connectivity index is 1.57. The Kier molecular flexibility index (Phi) is 6.01. The van der Waals surface area contributed by atoms with Gasteiger partial charge in [-0.15, -0.1) is 0 Å². The molecule has 2 N–H and O–H groups in total. The number of hydrogen-bond acceptors (Lipinski definition) is 3. The molecule has 1 aliphatic rings. The maximum atomic E-state index is 12.4. The molecule has 0 bridgehead atoms. The molecule has 6 heteroatoms. The maximum absolute atomic E-state index is 12.4. The van der Waals surface area contributed by atoms with E-state index < -0.39 is 6.10 Å². The van der Waals surface area contributed by atoms with Crippen LogP contribution in [0.1, 0.15) is 41.8 Å². The minimum Gasteiger partial charge on any atom is -0.480 e. The SMILES string of the molecule is CC[C@H](C)NC(=O)c1cccc(CNC(=O)[C@H]2Cc3cc(Cl)ccc3O2)c1. The van der Waals surface area contributed by atoms with Gasteiger partial charge in [-0.1, -0.05) is 30.7 Å². The van der Waals surface area contributed by atoms with Gasteiger partial charge < -0.3 is 15.4 Å². The van der Waals surface area contributed by atoms with Gasteiger partial charge in [-0.05, 0) is 54.8 Å². The van der Waals surface area contributed by atoms with Crippen LogP contribution in [-0.4, -0.2) is 24.0 Å². The fourth-order valence-corrected chi connectivity index (χ4v) is 3.09. The standard InChI is InChI=1S/C21H23ClN2O3/c1-3-13(2)24-20(25)15-6-4-5-14(9-15)12-23-21(26)19-11-16-10-17(22)7-8-18(16)27-19/h4-10,13,19H,3,11-12H2,1-2H3,(H,23,26)(H,24,25)/t13-,19+/m0/s1. The largest absolute Gasteiger partial charge is 0.480 e. The van der Waals surface area contributed by atoms with E-state index in [2.05, 4.69) is 10.6 Å². The molecule has 0 spiro atoms. The summed E-state index contributed by atoms with van der Waals surface area (Å²) in [6.45, 7) is 4.32. The highest BCUT2D eigenvalue weighted by atomic mass is 35.5. The molecule has 2 atom stereocenters. The Labute approximate surface area is 164 Å². The number of hydrogen-bond donors (Lipinski definition) is 2. The zero-order chi connectivity index (χ0) is 19.4. The van der Waals surface area contributed by atoms with Crippen molar-refractivity contribution in [2.24, 2.45) is 0 Å². The number of fused-ring (bicyclic) bond motifs is 1. The van der Waals surface area contributed by atoms with Crippen LogP contribution in [0.2, 0.25) is 5.02 Å². The molecule has 5 nitrogen and oxygen atoms in total. The summed E-state index contributed by atoms with van der Waals surface area (Å²) in [4.78, 5) is 24.7. The summed E-state index contributed by atoms with van der Waals surface area (Å²) >= 11 is 5.98. The van der Waals surface area contributed by atoms with Crippen molar-refractivity contribution < 1.29 is 14.3 Å². The molecule has 142 valence electrons. The van der Waals surface area contributed by atoms with Crippen LogP contribution in [0, 0.1) is 0 Å². The van der Waals surface area contributed by atoms with Crippen LogP contribution in [0.3, 0.4) is 0 Å². The van der Waals surface area contributed by atoms with E-state index in [1.54, 1.807) is 24.3 Å². The molecule has 1 heterocycles. The highest BCUT2D eigenvalue weighted by Gasteiger charge is 2.29. The number of ether oxygens (including phenoxy) is 1. The molecule has 27 heavy (non-hydrogen) atoms. The number of rotatable bonds is 6. The van der Waals surface area contributed by atoms with Gasteiger partial charge >= 0.3 is 0 Å². The van der Waals surface area contributed by atoms with E-state index in [9.17, 15) is 9.59 Å². The van der Waals surface area contributed by atoms with Gasteiger partial charge in [0.1, 0.15) is 5.75 Å². The van der Waals surface area contributed by atoms with Crippen molar-refractivity contribution in [2.75, 3.05) is 0 Å². The lowest BCUT2D eigenvalue weighted by Crippen LogP contribution is -2.37. The van der Waals surface area contributed by atoms with Crippen LogP contribution < -0.4 is 15.4 Å². The minimum absolute atomic E-state index is 0.107. The lowest BCUT2D eigenvalue weighted by molar-refractivity contribution is -0.127. The molecule has 2 aromatic carbocycles. The van der Waals surface area contributed by atoms with Gasteiger partial charge in [0.15, 0.2) is 6.10 Å². The van der Waals surface area contributed by atoms with Gasteiger partial charge in [-0.25, -0.2) is 0 Å². The molecule has 0 radical (unpaired) electrons. The smallest absolute Gasteiger partial charge is 0.261 e. The second-order valence-electron chi connectivity index (χ2n) is 6.76. The Morgan fingerprint density at radius 2 is 2.07 bits per heavy atom. The van der Waals surface area contributed by atoms with Crippen LogP contribution in [0.25, 0.3) is 0 Å². The summed E-state index contributed by atoms with van der Waals surface area (Å²) in [7, 11) is 0. The van der Waals surface area contributed by atoms with Crippen molar-refractivity contribution in [3.63, 3.8) is 0 Å². The van der Waals surface area contributed by atoms with Crippen molar-refractivity contribution >= 4 is 23.4 Å². The first kappa shape index (κ1) is 19.2. The second-order valence-corrected chi connectivity index (χ2v) is 7.20. The average Bonchev–Trinajstić information content (AvgIpc) is 3.09. The van der Waals surface area contributed by atoms with Gasteiger partial charge in [0.25, 0.3) is 11.8 Å². The van der Waals surface area contributed by atoms with Crippen LogP contribution >= 0.6 is 11.6 Å². The first-order valence-electron chi connectivity index (χ1n) is 9.09. The lowest BCUT2D eigenvalue weighted by atomic mass is 10.1. The molecule has 0 saturated heterocycles. The van der Waals surface area contributed by atoms with Crippen LogP contribution in [0.15, 0.2) is 42.5 Å². The molecule has 2 aromatic rings. The third kappa shape index (κ3) is 4.80. The summed E-state index contributed by atoms with van der Waals surface area (Å²) in [5, 5.41) is 6.45. The van der Waals surface area contributed by atoms with Crippen molar-refractivity contribution in [3.8, 4) is 5.75 Å². The van der Waals surface area contributed by atoms with Crippen LogP contribution in [0.5, 0.6) is 5.75 Å². The molecular weight excluding hydrogens is 364 g/mol. The molecule has 0 saturated carbocycles. The van der Waals surface area contributed by atoms with Gasteiger partial charge in [-0.3, -0.25) is 9.59 Å². The number of carbonyl (C=O) groups excluding carboxylic acids is 2. The average molecular weight is 387 g/mol. The van der Waals surface area contributed by atoms with E-state index in [1.165, 1.54) is 0 Å². The number of benzene rings is 2. The number of carbonyl (C=O) groups is 2. The number of nitrogens with one attached hydrogen (secondary N) is 2. The highest BCUT2D eigenvalue weighted by molar-refractivity contribution is 6.30. The molecule has 0 fully saturated rings. The number of halogens is 1. The summed E-state index contributed by atoms with van der Waals surface area (Å²) in [5.74, 6) is 0.407. The van der Waals surface area contributed by atoms with Crippen LogP contribution in [0.4, 0.5) is 0 Å². The molecule has 0 unspecified atom stereocenters. The van der Waals surface area contributed by atoms with Crippen LogP contribution in [-0.2, 0) is 17.8 Å². The topological polar surface area (TPSA) is 67.4 Å². The quantitative estimate of drug-likeness (QED) is 0.798. The summed E-state index contributed by atoms with van der Waals surface area (Å²) < 4.78 is 5.70. The minimum atomic E-state index is -0.560. The Hall–Kier alpha value is -2.53. The Morgan fingerprint density at radius 1 is 1.26 bits per heavy atom. The van der Waals surface area contributed by atoms with E-state index in [0.717, 1.165) is 17.5 Å². The maximum Gasteiger partial charge on any atom is 0.261 e. The zero-order valence-electron chi connectivity index (χ0n) is 15.4. The predicted molar refractivity (Wildman–Crippen MR) is 105 cm³/mol. The highest BCUT2D eigenvalue weighted by Crippen LogP contribution is 2.31. The van der Waals surface area contributed by atoms with E-state index in [1.807, 2.05) is 32.0 Å². The summed E-state index contributed by atoms with van der Waals surface area (Å²) in [6, 6.07) is 12.7. The normalized spacial score (nSPS) is 16.2. The summed E-state index contributed by atoms with van der Waals surface area (Å²) in [6.07, 6.45) is 0.811. The fraction of sp³-hybridized carbons (Fsp3) is 0.333. The zero-order valence-corrected chi connectivity index (χ0v) is 16.2. The molecule has 2 amide bonds. The van der Waals surface area contributed by atoms with Gasteiger partial charge in [0.05, 0.1) is 0 Å². The first-order chi connectivity index (χ1) is 13.0. The first-order valence-corrected chi connectivity index (χ1v) is 9.46. The van der Waals surface area contributed by atoms with Gasteiger partial charge in [0.2, 0.25) is 0 Å². The number of amides is 2. The van der Waals surface area contributed by atoms with E-state index in [4.69, 9.17) is 16.3 Å². The van der Waals surface area contributed by atoms with Gasteiger partial charge in [0, 0.05) is 29.6 Å². The molecular formula is C21H23ClN2O3. The van der Waals surface area contributed by atoms with E-state index in [-0.39, 0.29) is 17.9 Å². The van der Waals surface area contributed by atoms with Gasteiger partial charge in [-0.2, -0.15) is 0 Å².